The molecule has 7 heteroatoms. The molecule has 1 aliphatic heterocycles. The molecule has 1 aromatic carbocycles. The fourth-order valence-corrected chi connectivity index (χ4v) is 2.88. The van der Waals surface area contributed by atoms with Crippen molar-refractivity contribution in [3.63, 3.8) is 0 Å². The van der Waals surface area contributed by atoms with Crippen molar-refractivity contribution >= 4 is 11.9 Å². The molecule has 4 atom stereocenters. The van der Waals surface area contributed by atoms with Crippen molar-refractivity contribution in [2.45, 2.75) is 65.1 Å². The molecule has 0 amide bonds. The van der Waals surface area contributed by atoms with E-state index in [1.807, 2.05) is 30.3 Å². The molecule has 1 N–H and O–H groups in total. The Morgan fingerprint density at radius 2 is 1.69 bits per heavy atom. The van der Waals surface area contributed by atoms with Gasteiger partial charge in [0.2, 0.25) is 0 Å². The number of aliphatic hydroxyl groups excluding tert-OH is 1. The molecule has 1 fully saturated rings. The van der Waals surface area contributed by atoms with Gasteiger partial charge in [-0.1, -0.05) is 58.0 Å². The van der Waals surface area contributed by atoms with Crippen LogP contribution in [0, 0.1) is 11.8 Å². The number of esters is 2. The van der Waals surface area contributed by atoms with Gasteiger partial charge in [0.25, 0.3) is 0 Å². The molecule has 0 aliphatic carbocycles. The normalized spacial score (nSPS) is 24.5. The summed E-state index contributed by atoms with van der Waals surface area (Å²) >= 11 is 0. The minimum Gasteiger partial charge on any atom is -0.458 e. The predicted octanol–water partition coefficient (Wildman–Crippen LogP) is 2.49. The van der Waals surface area contributed by atoms with Gasteiger partial charge in [0.15, 0.2) is 12.4 Å². The van der Waals surface area contributed by atoms with E-state index < -0.39 is 36.5 Å². The highest BCUT2D eigenvalue weighted by molar-refractivity contribution is 5.72. The molecule has 0 saturated carbocycles. The van der Waals surface area contributed by atoms with Gasteiger partial charge in [0.1, 0.15) is 6.10 Å². The molecule has 7 nitrogen and oxygen atoms in total. The summed E-state index contributed by atoms with van der Waals surface area (Å²) in [5, 5.41) is 9.60. The summed E-state index contributed by atoms with van der Waals surface area (Å²) in [5.41, 5.74) is 1.10. The molecule has 0 aromatic heterocycles. The van der Waals surface area contributed by atoms with Crippen LogP contribution in [0.15, 0.2) is 30.3 Å². The van der Waals surface area contributed by atoms with Gasteiger partial charge in [-0.15, -0.1) is 0 Å². The topological polar surface area (TPSA) is 91.3 Å². The molecule has 162 valence electrons. The number of benzene rings is 1. The molecular weight excluding hydrogens is 376 g/mol. The standard InChI is InChI=1S/C22H32O7/c1-14(2)20(24)28-18-12-17(13-23)27-22(19(18)29-21(25)15(3)4)26-11-10-16-8-6-5-7-9-16/h5-9,14-15,17-19,22-23H,10-13H2,1-4H3/t17-,18+,19-,22-/m0/s1. The third-order valence-electron chi connectivity index (χ3n) is 4.64. The molecule has 0 radical (unpaired) electrons. The zero-order valence-electron chi connectivity index (χ0n) is 17.6. The minimum atomic E-state index is -0.933. The van der Waals surface area contributed by atoms with Crippen LogP contribution in [0.5, 0.6) is 0 Å². The zero-order valence-corrected chi connectivity index (χ0v) is 17.6. The van der Waals surface area contributed by atoms with Crippen molar-refractivity contribution < 1.29 is 33.6 Å². The summed E-state index contributed by atoms with van der Waals surface area (Å²) in [5.74, 6) is -1.51. The first-order chi connectivity index (χ1) is 13.8. The molecule has 1 aliphatic rings. The summed E-state index contributed by atoms with van der Waals surface area (Å²) in [6, 6.07) is 9.82. The van der Waals surface area contributed by atoms with Crippen LogP contribution in [0.25, 0.3) is 0 Å². The first kappa shape index (κ1) is 23.3. The van der Waals surface area contributed by atoms with Gasteiger partial charge in [-0.05, 0) is 12.0 Å². The van der Waals surface area contributed by atoms with E-state index in [1.165, 1.54) is 0 Å². The Bertz CT molecular complexity index is 644. The Hall–Kier alpha value is -1.96. The lowest BCUT2D eigenvalue weighted by Crippen LogP contribution is -2.54. The summed E-state index contributed by atoms with van der Waals surface area (Å²) in [6.45, 7) is 6.99. The lowest BCUT2D eigenvalue weighted by molar-refractivity contribution is -0.280. The molecule has 1 saturated heterocycles. The van der Waals surface area contributed by atoms with E-state index in [0.29, 0.717) is 13.0 Å². The number of rotatable bonds is 9. The van der Waals surface area contributed by atoms with Crippen LogP contribution < -0.4 is 0 Å². The van der Waals surface area contributed by atoms with E-state index >= 15 is 0 Å². The van der Waals surface area contributed by atoms with Crippen molar-refractivity contribution in [1.82, 2.24) is 0 Å². The average Bonchev–Trinajstić information content (AvgIpc) is 2.70. The Balaban J connectivity index is 2.12. The largest absolute Gasteiger partial charge is 0.458 e. The first-order valence-corrected chi connectivity index (χ1v) is 10.1. The smallest absolute Gasteiger partial charge is 0.308 e. The van der Waals surface area contributed by atoms with Crippen LogP contribution in [0.2, 0.25) is 0 Å². The quantitative estimate of drug-likeness (QED) is 0.628. The monoisotopic (exact) mass is 408 g/mol. The maximum atomic E-state index is 12.2. The second kappa shape index (κ2) is 11.3. The van der Waals surface area contributed by atoms with E-state index in [-0.39, 0.29) is 24.9 Å². The maximum absolute atomic E-state index is 12.2. The Kier molecular flexibility index (Phi) is 9.07. The molecule has 29 heavy (non-hydrogen) atoms. The zero-order chi connectivity index (χ0) is 21.4. The molecule has 2 rings (SSSR count). The lowest BCUT2D eigenvalue weighted by Gasteiger charge is -2.40. The van der Waals surface area contributed by atoms with E-state index in [4.69, 9.17) is 18.9 Å². The summed E-state index contributed by atoms with van der Waals surface area (Å²) in [7, 11) is 0. The maximum Gasteiger partial charge on any atom is 0.308 e. The van der Waals surface area contributed by atoms with Gasteiger partial charge < -0.3 is 24.1 Å². The molecule has 1 aromatic rings. The van der Waals surface area contributed by atoms with Gasteiger partial charge in [-0.2, -0.15) is 0 Å². The molecule has 0 spiro atoms. The van der Waals surface area contributed by atoms with E-state index in [0.717, 1.165) is 5.56 Å². The SMILES string of the molecule is CC(C)C(=O)O[C@@H]1[C@@H](OCCc2ccccc2)O[C@H](CO)C[C@H]1OC(=O)C(C)C. The van der Waals surface area contributed by atoms with Crippen molar-refractivity contribution in [1.29, 1.82) is 0 Å². The van der Waals surface area contributed by atoms with Crippen LogP contribution in [-0.2, 0) is 35.0 Å². The van der Waals surface area contributed by atoms with Crippen LogP contribution in [-0.4, -0.2) is 54.9 Å². The number of hydrogen-bond acceptors (Lipinski definition) is 7. The van der Waals surface area contributed by atoms with Crippen LogP contribution >= 0.6 is 0 Å². The fourth-order valence-electron chi connectivity index (χ4n) is 2.88. The van der Waals surface area contributed by atoms with E-state index in [2.05, 4.69) is 0 Å². The molecule has 1 heterocycles. The summed E-state index contributed by atoms with van der Waals surface area (Å²) in [4.78, 5) is 24.4. The fraction of sp³-hybridized carbons (Fsp3) is 0.636. The van der Waals surface area contributed by atoms with E-state index in [9.17, 15) is 14.7 Å². The van der Waals surface area contributed by atoms with Crippen molar-refractivity contribution in [3.05, 3.63) is 35.9 Å². The minimum absolute atomic E-state index is 0.226. The van der Waals surface area contributed by atoms with Crippen LogP contribution in [0.3, 0.4) is 0 Å². The number of carbonyl (C=O) groups excluding carboxylic acids is 2. The number of aliphatic hydroxyl groups is 1. The van der Waals surface area contributed by atoms with E-state index in [1.54, 1.807) is 27.7 Å². The Morgan fingerprint density at radius 1 is 1.07 bits per heavy atom. The van der Waals surface area contributed by atoms with Crippen LogP contribution in [0.4, 0.5) is 0 Å². The third-order valence-corrected chi connectivity index (χ3v) is 4.64. The van der Waals surface area contributed by atoms with Crippen LogP contribution in [0.1, 0.15) is 39.7 Å². The number of ether oxygens (including phenoxy) is 4. The van der Waals surface area contributed by atoms with Gasteiger partial charge >= 0.3 is 11.9 Å². The van der Waals surface area contributed by atoms with Gasteiger partial charge in [0.05, 0.1) is 31.2 Å². The third kappa shape index (κ3) is 7.10. The van der Waals surface area contributed by atoms with Crippen molar-refractivity contribution in [2.24, 2.45) is 11.8 Å². The first-order valence-electron chi connectivity index (χ1n) is 10.1. The molecule has 0 bridgehead atoms. The lowest BCUT2D eigenvalue weighted by atomic mass is 10.0. The highest BCUT2D eigenvalue weighted by Crippen LogP contribution is 2.28. The Labute approximate surface area is 172 Å². The average molecular weight is 408 g/mol. The Morgan fingerprint density at radius 3 is 2.28 bits per heavy atom. The van der Waals surface area contributed by atoms with Gasteiger partial charge in [0, 0.05) is 6.42 Å². The predicted molar refractivity (Wildman–Crippen MR) is 106 cm³/mol. The highest BCUT2D eigenvalue weighted by atomic mass is 16.7. The second-order valence-corrected chi connectivity index (χ2v) is 7.84. The second-order valence-electron chi connectivity index (χ2n) is 7.84. The summed E-state index contributed by atoms with van der Waals surface area (Å²) in [6.07, 6.45) is -2.28. The molecular formula is C22H32O7. The molecule has 0 unspecified atom stereocenters. The van der Waals surface area contributed by atoms with Gasteiger partial charge in [-0.3, -0.25) is 9.59 Å². The summed E-state index contributed by atoms with van der Waals surface area (Å²) < 4.78 is 22.9. The van der Waals surface area contributed by atoms with Crippen molar-refractivity contribution in [2.75, 3.05) is 13.2 Å². The highest BCUT2D eigenvalue weighted by Gasteiger charge is 2.44. The van der Waals surface area contributed by atoms with Gasteiger partial charge in [-0.25, -0.2) is 0 Å². The van der Waals surface area contributed by atoms with Crippen molar-refractivity contribution in [3.8, 4) is 0 Å². The number of hydrogen-bond donors (Lipinski definition) is 1. The number of carbonyl (C=O) groups is 2.